The lowest BCUT2D eigenvalue weighted by Crippen LogP contribution is -2.38. The second-order valence-corrected chi connectivity index (χ2v) is 7.40. The summed E-state index contributed by atoms with van der Waals surface area (Å²) in [5.74, 6) is -1.11. The van der Waals surface area contributed by atoms with Crippen molar-refractivity contribution < 1.29 is 14.4 Å². The van der Waals surface area contributed by atoms with E-state index >= 15 is 0 Å². The van der Waals surface area contributed by atoms with Gasteiger partial charge in [-0.05, 0) is 30.5 Å². The van der Waals surface area contributed by atoms with E-state index in [0.29, 0.717) is 30.2 Å². The minimum atomic E-state index is -0.425. The van der Waals surface area contributed by atoms with Gasteiger partial charge >= 0.3 is 0 Å². The number of allylic oxidation sites excluding steroid dienone is 2. The molecule has 0 spiro atoms. The van der Waals surface area contributed by atoms with E-state index in [1.54, 1.807) is 29.1 Å². The zero-order chi connectivity index (χ0) is 19.7. The fourth-order valence-electron chi connectivity index (χ4n) is 3.68. The minimum Gasteiger partial charge on any atom is -0.309 e. The van der Waals surface area contributed by atoms with Gasteiger partial charge in [-0.1, -0.05) is 35.9 Å². The molecule has 2 atom stereocenters. The molecule has 1 fully saturated rings. The van der Waals surface area contributed by atoms with Gasteiger partial charge in [-0.15, -0.1) is 0 Å². The molecule has 144 valence electrons. The number of carbonyl (C=O) groups is 3. The number of fused-ring (bicyclic) bond motifs is 1. The van der Waals surface area contributed by atoms with Crippen LogP contribution in [0.3, 0.4) is 0 Å². The summed E-state index contributed by atoms with van der Waals surface area (Å²) in [7, 11) is 0. The molecular formula is C20H19ClN4O3. The third kappa shape index (κ3) is 3.57. The van der Waals surface area contributed by atoms with E-state index in [2.05, 4.69) is 10.4 Å². The molecule has 2 aliphatic rings. The van der Waals surface area contributed by atoms with Gasteiger partial charge in [0.1, 0.15) is 12.4 Å². The summed E-state index contributed by atoms with van der Waals surface area (Å²) in [4.78, 5) is 38.5. The minimum absolute atomic E-state index is 0.260. The third-order valence-corrected chi connectivity index (χ3v) is 5.38. The quantitative estimate of drug-likeness (QED) is 0.619. The molecule has 0 saturated carbocycles. The van der Waals surface area contributed by atoms with Crippen LogP contribution >= 0.6 is 11.6 Å². The first-order valence-corrected chi connectivity index (χ1v) is 9.47. The molecular weight excluding hydrogens is 380 g/mol. The van der Waals surface area contributed by atoms with Crippen LogP contribution in [0.25, 0.3) is 0 Å². The molecule has 28 heavy (non-hydrogen) atoms. The molecule has 1 N–H and O–H groups in total. The third-order valence-electron chi connectivity index (χ3n) is 5.13. The lowest BCUT2D eigenvalue weighted by Gasteiger charge is -2.15. The predicted molar refractivity (Wildman–Crippen MR) is 103 cm³/mol. The Hall–Kier alpha value is -2.93. The zero-order valence-electron chi connectivity index (χ0n) is 15.0. The number of amides is 3. The number of likely N-dealkylation sites (tertiary alicyclic amines) is 1. The molecule has 2 unspecified atom stereocenters. The molecule has 0 bridgehead atoms. The number of hydrogen-bond donors (Lipinski definition) is 1. The van der Waals surface area contributed by atoms with Crippen LogP contribution in [0.5, 0.6) is 0 Å². The van der Waals surface area contributed by atoms with Gasteiger partial charge < -0.3 is 5.32 Å². The number of hydrogen-bond acceptors (Lipinski definition) is 4. The van der Waals surface area contributed by atoms with Crippen molar-refractivity contribution in [1.29, 1.82) is 0 Å². The Kier molecular flexibility index (Phi) is 5.00. The molecule has 1 aromatic carbocycles. The summed E-state index contributed by atoms with van der Waals surface area (Å²) < 4.78 is 1.64. The lowest BCUT2D eigenvalue weighted by atomic mass is 9.85. The number of carbonyl (C=O) groups excluding carboxylic acids is 3. The van der Waals surface area contributed by atoms with Crippen LogP contribution < -0.4 is 5.32 Å². The Labute approximate surface area is 167 Å². The van der Waals surface area contributed by atoms with E-state index in [0.717, 1.165) is 10.5 Å². The number of halogens is 1. The van der Waals surface area contributed by atoms with E-state index in [1.807, 2.05) is 24.3 Å². The van der Waals surface area contributed by atoms with Crippen molar-refractivity contribution in [2.75, 3.05) is 11.9 Å². The van der Waals surface area contributed by atoms with Crippen LogP contribution in [0.15, 0.2) is 48.7 Å². The average molecular weight is 399 g/mol. The van der Waals surface area contributed by atoms with Crippen molar-refractivity contribution in [1.82, 2.24) is 14.7 Å². The number of imide groups is 1. The monoisotopic (exact) mass is 398 g/mol. The maximum absolute atomic E-state index is 12.5. The van der Waals surface area contributed by atoms with Crippen molar-refractivity contribution >= 4 is 35.1 Å². The van der Waals surface area contributed by atoms with Crippen molar-refractivity contribution in [2.45, 2.75) is 19.4 Å². The second kappa shape index (κ2) is 7.59. The van der Waals surface area contributed by atoms with E-state index < -0.39 is 5.91 Å². The Bertz CT molecular complexity index is 925. The van der Waals surface area contributed by atoms with Crippen LogP contribution in [0, 0.1) is 11.8 Å². The van der Waals surface area contributed by atoms with Crippen LogP contribution in [0.2, 0.25) is 5.02 Å². The maximum Gasteiger partial charge on any atom is 0.245 e. The average Bonchev–Trinajstić information content (AvgIpc) is 3.22. The van der Waals surface area contributed by atoms with Crippen molar-refractivity contribution in [3.63, 3.8) is 0 Å². The smallest absolute Gasteiger partial charge is 0.245 e. The van der Waals surface area contributed by atoms with Gasteiger partial charge in [0.15, 0.2) is 0 Å². The Morgan fingerprint density at radius 2 is 1.71 bits per heavy atom. The van der Waals surface area contributed by atoms with Crippen LogP contribution in [0.1, 0.15) is 18.4 Å². The van der Waals surface area contributed by atoms with Crippen LogP contribution in [0.4, 0.5) is 5.82 Å². The fraction of sp³-hybridized carbons (Fsp3) is 0.300. The van der Waals surface area contributed by atoms with Gasteiger partial charge in [0.05, 0.1) is 24.6 Å². The Balaban J connectivity index is 1.41. The first kappa shape index (κ1) is 18.4. The lowest BCUT2D eigenvalue weighted by molar-refractivity contribution is -0.142. The number of anilines is 1. The van der Waals surface area contributed by atoms with E-state index in [4.69, 9.17) is 11.6 Å². The molecule has 4 rings (SSSR count). The summed E-state index contributed by atoms with van der Waals surface area (Å²) in [5, 5.41) is 7.61. The first-order chi connectivity index (χ1) is 13.5. The molecule has 8 heteroatoms. The Morgan fingerprint density at radius 1 is 1.07 bits per heavy atom. The number of nitrogens with one attached hydrogen (secondary N) is 1. The molecule has 7 nitrogen and oxygen atoms in total. The largest absolute Gasteiger partial charge is 0.309 e. The highest BCUT2D eigenvalue weighted by Crippen LogP contribution is 2.34. The molecule has 1 aliphatic carbocycles. The van der Waals surface area contributed by atoms with Crippen LogP contribution in [-0.2, 0) is 20.9 Å². The Morgan fingerprint density at radius 3 is 2.36 bits per heavy atom. The first-order valence-electron chi connectivity index (χ1n) is 9.09. The van der Waals surface area contributed by atoms with Gasteiger partial charge in [-0.25, -0.2) is 4.68 Å². The standard InChI is InChI=1S/C20H19ClN4O3/c21-14-7-5-13(6-8-14)11-25-17(9-10-22-25)23-18(26)12-24-19(27)15-3-1-2-4-16(15)20(24)28/h1-2,5-10,15-16H,3-4,11-12H2,(H,23,26). The van der Waals surface area contributed by atoms with Gasteiger partial charge in [0.2, 0.25) is 17.7 Å². The molecule has 1 aliphatic heterocycles. The number of aromatic nitrogens is 2. The summed E-state index contributed by atoms with van der Waals surface area (Å²) in [6.07, 6.45) is 6.54. The normalized spacial score (nSPS) is 21.1. The number of nitrogens with zero attached hydrogens (tertiary/aromatic N) is 3. The highest BCUT2D eigenvalue weighted by Gasteiger charge is 2.47. The van der Waals surface area contributed by atoms with Crippen LogP contribution in [-0.4, -0.2) is 38.9 Å². The van der Waals surface area contributed by atoms with E-state index in [9.17, 15) is 14.4 Å². The molecule has 3 amide bonds. The van der Waals surface area contributed by atoms with Gasteiger partial charge in [-0.2, -0.15) is 5.10 Å². The second-order valence-electron chi connectivity index (χ2n) is 6.97. The van der Waals surface area contributed by atoms with Gasteiger partial charge in [-0.3, -0.25) is 19.3 Å². The van der Waals surface area contributed by atoms with Crippen molar-refractivity contribution in [3.05, 3.63) is 59.3 Å². The zero-order valence-corrected chi connectivity index (χ0v) is 15.8. The van der Waals surface area contributed by atoms with Gasteiger partial charge in [0.25, 0.3) is 0 Å². The molecule has 2 aromatic rings. The van der Waals surface area contributed by atoms with E-state index in [1.165, 1.54) is 0 Å². The summed E-state index contributed by atoms with van der Waals surface area (Å²) in [5.41, 5.74) is 0.977. The predicted octanol–water partition coefficient (Wildman–Crippen LogP) is 2.47. The SMILES string of the molecule is O=C(CN1C(=O)C2CC=CCC2C1=O)Nc1ccnn1Cc1ccc(Cl)cc1. The van der Waals surface area contributed by atoms with E-state index in [-0.39, 0.29) is 30.2 Å². The van der Waals surface area contributed by atoms with Crippen molar-refractivity contribution in [2.24, 2.45) is 11.8 Å². The molecule has 2 heterocycles. The molecule has 1 saturated heterocycles. The van der Waals surface area contributed by atoms with Crippen molar-refractivity contribution in [3.8, 4) is 0 Å². The molecule has 1 aromatic heterocycles. The number of rotatable bonds is 5. The fourth-order valence-corrected chi connectivity index (χ4v) is 3.80. The summed E-state index contributed by atoms with van der Waals surface area (Å²) in [6.45, 7) is 0.175. The molecule has 0 radical (unpaired) electrons. The maximum atomic E-state index is 12.5. The highest BCUT2D eigenvalue weighted by atomic mass is 35.5. The number of benzene rings is 1. The van der Waals surface area contributed by atoms with Gasteiger partial charge in [0, 0.05) is 11.1 Å². The summed E-state index contributed by atoms with van der Waals surface area (Å²) in [6, 6.07) is 9.01. The summed E-state index contributed by atoms with van der Waals surface area (Å²) >= 11 is 5.90. The highest BCUT2D eigenvalue weighted by molar-refractivity contribution is 6.30. The topological polar surface area (TPSA) is 84.3 Å².